The van der Waals surface area contributed by atoms with Crippen LogP contribution in [0, 0.1) is 0 Å². The minimum absolute atomic E-state index is 0.491. The molecule has 3 N–H and O–H groups in total. The van der Waals surface area contributed by atoms with Crippen LogP contribution in [0.2, 0.25) is 0 Å². The van der Waals surface area contributed by atoms with Crippen molar-refractivity contribution >= 4 is 0 Å². The third kappa shape index (κ3) is 1.84. The van der Waals surface area contributed by atoms with E-state index < -0.39 is 41.4 Å². The molecule has 0 aliphatic carbocycles. The number of ether oxygens (including phenoxy) is 1. The van der Waals surface area contributed by atoms with E-state index in [4.69, 9.17) is 4.74 Å². The number of rotatable bonds is 2. The standard InChI is InChI=1S/C12H18N2O6/c1-11(18)7(6-15)20-9(12(11,2)19)14-5-4-8(16)13(3)10(14)17/h4-5,7,9,15,18-19H,6H2,1-3H3/t7-,9-,11-,12+/m1/s1. The summed E-state index contributed by atoms with van der Waals surface area (Å²) in [5, 5.41) is 30.0. The summed E-state index contributed by atoms with van der Waals surface area (Å²) in [6.07, 6.45) is -1.07. The second-order valence-corrected chi connectivity index (χ2v) is 5.36. The van der Waals surface area contributed by atoms with Crippen molar-refractivity contribution in [1.82, 2.24) is 9.13 Å². The van der Waals surface area contributed by atoms with Crippen LogP contribution in [-0.2, 0) is 11.8 Å². The lowest BCUT2D eigenvalue weighted by Gasteiger charge is -2.35. The third-order valence-electron chi connectivity index (χ3n) is 4.06. The Morgan fingerprint density at radius 1 is 1.30 bits per heavy atom. The molecule has 0 radical (unpaired) electrons. The van der Waals surface area contributed by atoms with Crippen molar-refractivity contribution in [3.05, 3.63) is 33.1 Å². The Bertz CT molecular complexity index is 630. The summed E-state index contributed by atoms with van der Waals surface area (Å²) in [6, 6.07) is 1.15. The fourth-order valence-corrected chi connectivity index (χ4v) is 2.32. The van der Waals surface area contributed by atoms with E-state index in [1.54, 1.807) is 0 Å². The first-order valence-corrected chi connectivity index (χ1v) is 6.14. The number of hydrogen-bond donors (Lipinski definition) is 3. The maximum atomic E-state index is 12.1. The summed E-state index contributed by atoms with van der Waals surface area (Å²) in [6.45, 7) is 2.12. The van der Waals surface area contributed by atoms with Crippen LogP contribution in [0.4, 0.5) is 0 Å². The van der Waals surface area contributed by atoms with Crippen molar-refractivity contribution in [2.45, 2.75) is 37.4 Å². The van der Waals surface area contributed by atoms with Gasteiger partial charge >= 0.3 is 5.69 Å². The monoisotopic (exact) mass is 286 g/mol. The largest absolute Gasteiger partial charge is 0.394 e. The molecule has 0 spiro atoms. The molecule has 0 bridgehead atoms. The quantitative estimate of drug-likeness (QED) is 0.576. The van der Waals surface area contributed by atoms with Gasteiger partial charge in [-0.3, -0.25) is 13.9 Å². The Kier molecular flexibility index (Phi) is 3.37. The second-order valence-electron chi connectivity index (χ2n) is 5.36. The number of nitrogens with zero attached hydrogens (tertiary/aromatic N) is 2. The predicted molar refractivity (Wildman–Crippen MR) is 68.2 cm³/mol. The molecule has 4 atom stereocenters. The van der Waals surface area contributed by atoms with Crippen LogP contribution in [0.1, 0.15) is 20.1 Å². The molecule has 1 aromatic heterocycles. The zero-order valence-electron chi connectivity index (χ0n) is 11.5. The summed E-state index contributed by atoms with van der Waals surface area (Å²) >= 11 is 0. The van der Waals surface area contributed by atoms with Gasteiger partial charge in [-0.25, -0.2) is 4.79 Å². The van der Waals surface area contributed by atoms with Gasteiger partial charge in [-0.15, -0.1) is 0 Å². The molecule has 1 aromatic rings. The minimum Gasteiger partial charge on any atom is -0.394 e. The Morgan fingerprint density at radius 2 is 1.90 bits per heavy atom. The van der Waals surface area contributed by atoms with Crippen LogP contribution in [0.3, 0.4) is 0 Å². The van der Waals surface area contributed by atoms with E-state index >= 15 is 0 Å². The van der Waals surface area contributed by atoms with Crippen LogP contribution in [0.5, 0.6) is 0 Å². The number of aliphatic hydroxyl groups excluding tert-OH is 1. The highest BCUT2D eigenvalue weighted by atomic mass is 16.6. The summed E-state index contributed by atoms with van der Waals surface area (Å²) < 4.78 is 7.28. The van der Waals surface area contributed by atoms with Gasteiger partial charge in [0.25, 0.3) is 5.56 Å². The van der Waals surface area contributed by atoms with Crippen molar-refractivity contribution < 1.29 is 20.1 Å². The Balaban J connectivity index is 2.58. The average molecular weight is 286 g/mol. The summed E-state index contributed by atoms with van der Waals surface area (Å²) in [7, 11) is 1.30. The summed E-state index contributed by atoms with van der Waals surface area (Å²) in [5.41, 5.74) is -4.74. The number of aliphatic hydroxyl groups is 3. The van der Waals surface area contributed by atoms with Crippen molar-refractivity contribution in [1.29, 1.82) is 0 Å². The van der Waals surface area contributed by atoms with Crippen molar-refractivity contribution in [2.24, 2.45) is 7.05 Å². The highest BCUT2D eigenvalue weighted by molar-refractivity contribution is 5.08. The normalized spacial score (nSPS) is 37.3. The molecule has 0 amide bonds. The lowest BCUT2D eigenvalue weighted by atomic mass is 9.83. The zero-order valence-corrected chi connectivity index (χ0v) is 11.5. The molecular weight excluding hydrogens is 268 g/mol. The Morgan fingerprint density at radius 3 is 2.40 bits per heavy atom. The molecule has 2 rings (SSSR count). The molecule has 8 heteroatoms. The third-order valence-corrected chi connectivity index (χ3v) is 4.06. The van der Waals surface area contributed by atoms with Crippen LogP contribution in [0.15, 0.2) is 21.9 Å². The predicted octanol–water partition coefficient (Wildman–Crippen LogP) is -2.06. The molecule has 8 nitrogen and oxygen atoms in total. The van der Waals surface area contributed by atoms with Crippen LogP contribution in [0.25, 0.3) is 0 Å². The molecule has 20 heavy (non-hydrogen) atoms. The molecule has 0 aromatic carbocycles. The van der Waals surface area contributed by atoms with Crippen molar-refractivity contribution in [3.63, 3.8) is 0 Å². The van der Waals surface area contributed by atoms with Crippen molar-refractivity contribution in [3.8, 4) is 0 Å². The maximum Gasteiger partial charge on any atom is 0.332 e. The van der Waals surface area contributed by atoms with Gasteiger partial charge in [0, 0.05) is 19.3 Å². The van der Waals surface area contributed by atoms with E-state index in [0.29, 0.717) is 0 Å². The molecule has 1 fully saturated rings. The molecular formula is C12H18N2O6. The Hall–Kier alpha value is -1.48. The van der Waals surface area contributed by atoms with E-state index in [1.807, 2.05) is 0 Å². The fraction of sp³-hybridized carbons (Fsp3) is 0.667. The molecule has 1 aliphatic heterocycles. The van der Waals surface area contributed by atoms with E-state index in [0.717, 1.165) is 15.2 Å². The first kappa shape index (κ1) is 14.9. The van der Waals surface area contributed by atoms with Gasteiger partial charge in [0.2, 0.25) is 0 Å². The van der Waals surface area contributed by atoms with Crippen LogP contribution < -0.4 is 11.2 Å². The van der Waals surface area contributed by atoms with E-state index in [2.05, 4.69) is 0 Å². The Labute approximate surface area is 114 Å². The lowest BCUT2D eigenvalue weighted by Crippen LogP contribution is -2.55. The van der Waals surface area contributed by atoms with Gasteiger partial charge < -0.3 is 20.1 Å². The van der Waals surface area contributed by atoms with Gasteiger partial charge in [0.15, 0.2) is 6.23 Å². The summed E-state index contributed by atoms with van der Waals surface area (Å²) in [4.78, 5) is 23.4. The van der Waals surface area contributed by atoms with E-state index in [-0.39, 0.29) is 0 Å². The smallest absolute Gasteiger partial charge is 0.332 e. The van der Waals surface area contributed by atoms with E-state index in [1.165, 1.54) is 27.1 Å². The SMILES string of the molecule is Cn1c(=O)ccn([C@@H]2O[C@H](CO)[C@@](C)(O)[C@@]2(C)O)c1=O. The fourth-order valence-electron chi connectivity index (χ4n) is 2.32. The summed E-state index contributed by atoms with van der Waals surface area (Å²) in [5.74, 6) is 0. The maximum absolute atomic E-state index is 12.1. The number of aromatic nitrogens is 2. The van der Waals surface area contributed by atoms with Gasteiger partial charge in [-0.1, -0.05) is 0 Å². The van der Waals surface area contributed by atoms with Crippen LogP contribution in [-0.4, -0.2) is 48.4 Å². The number of hydrogen-bond acceptors (Lipinski definition) is 6. The van der Waals surface area contributed by atoms with Gasteiger partial charge in [0.05, 0.1) is 6.61 Å². The highest BCUT2D eigenvalue weighted by Gasteiger charge is 2.61. The topological polar surface area (TPSA) is 114 Å². The molecule has 112 valence electrons. The molecule has 1 aliphatic rings. The van der Waals surface area contributed by atoms with Gasteiger partial charge in [-0.2, -0.15) is 0 Å². The van der Waals surface area contributed by atoms with Gasteiger partial charge in [0.1, 0.15) is 17.3 Å². The first-order chi connectivity index (χ1) is 9.14. The lowest BCUT2D eigenvalue weighted by molar-refractivity contribution is -0.136. The molecule has 0 saturated carbocycles. The molecule has 0 unspecified atom stereocenters. The molecule has 2 heterocycles. The zero-order chi connectivity index (χ0) is 15.3. The van der Waals surface area contributed by atoms with Crippen molar-refractivity contribution in [2.75, 3.05) is 6.61 Å². The second kappa shape index (κ2) is 4.52. The van der Waals surface area contributed by atoms with E-state index in [9.17, 15) is 24.9 Å². The first-order valence-electron chi connectivity index (χ1n) is 6.14. The van der Waals surface area contributed by atoms with Gasteiger partial charge in [-0.05, 0) is 13.8 Å². The van der Waals surface area contributed by atoms with Crippen LogP contribution >= 0.6 is 0 Å². The minimum atomic E-state index is -1.82. The highest BCUT2D eigenvalue weighted by Crippen LogP contribution is 2.44. The molecule has 1 saturated heterocycles. The average Bonchev–Trinajstić information content (AvgIpc) is 2.55.